The molecule has 0 bridgehead atoms. The van der Waals surface area contributed by atoms with E-state index < -0.39 is 0 Å². The number of benzene rings is 1. The summed E-state index contributed by atoms with van der Waals surface area (Å²) in [5, 5.41) is 8.97. The van der Waals surface area contributed by atoms with Gasteiger partial charge in [0, 0.05) is 25.4 Å². The summed E-state index contributed by atoms with van der Waals surface area (Å²) in [5.74, 6) is 0.352. The fourth-order valence-electron chi connectivity index (χ4n) is 1.59. The molecule has 0 unspecified atom stereocenters. The molecule has 0 N–H and O–H groups in total. The fraction of sp³-hybridized carbons (Fsp3) is 0.385. The van der Waals surface area contributed by atoms with Crippen LogP contribution in [-0.2, 0) is 11.3 Å². The second kappa shape index (κ2) is 6.93. The van der Waals surface area contributed by atoms with Crippen molar-refractivity contribution in [2.24, 2.45) is 0 Å². The number of nitriles is 1. The van der Waals surface area contributed by atoms with E-state index in [1.165, 1.54) is 0 Å². The van der Waals surface area contributed by atoms with Gasteiger partial charge in [0.2, 0.25) is 5.91 Å². The van der Waals surface area contributed by atoms with Crippen LogP contribution in [0.2, 0.25) is 0 Å². The first kappa shape index (κ1) is 13.5. The van der Waals surface area contributed by atoms with E-state index >= 15 is 0 Å². The first-order valence-corrected chi connectivity index (χ1v) is 6.08. The Hall–Kier alpha value is -1.53. The molecule has 17 heavy (non-hydrogen) atoms. The highest BCUT2D eigenvalue weighted by Crippen LogP contribution is 2.11. The number of rotatable bonds is 5. The van der Waals surface area contributed by atoms with Crippen LogP contribution in [0, 0.1) is 11.3 Å². The van der Waals surface area contributed by atoms with Crippen molar-refractivity contribution >= 4 is 17.5 Å². The van der Waals surface area contributed by atoms with Gasteiger partial charge < -0.3 is 4.90 Å². The van der Waals surface area contributed by atoms with Gasteiger partial charge in [-0.3, -0.25) is 4.79 Å². The molecule has 0 saturated heterocycles. The van der Waals surface area contributed by atoms with Gasteiger partial charge in [0.05, 0.1) is 11.6 Å². The third kappa shape index (κ3) is 3.76. The van der Waals surface area contributed by atoms with Crippen molar-refractivity contribution in [2.45, 2.75) is 19.9 Å². The predicted octanol–water partition coefficient (Wildman–Crippen LogP) is 2.54. The van der Waals surface area contributed by atoms with Crippen LogP contribution in [-0.4, -0.2) is 23.2 Å². The summed E-state index contributed by atoms with van der Waals surface area (Å²) >= 11 is 5.56. The molecule has 0 aromatic heterocycles. The van der Waals surface area contributed by atoms with E-state index in [0.29, 0.717) is 31.0 Å². The van der Waals surface area contributed by atoms with Gasteiger partial charge in [-0.25, -0.2) is 0 Å². The molecule has 0 aliphatic heterocycles. The maximum absolute atomic E-state index is 11.7. The summed E-state index contributed by atoms with van der Waals surface area (Å²) in [6.45, 7) is 3.01. The van der Waals surface area contributed by atoms with E-state index in [0.717, 1.165) is 5.56 Å². The Bertz CT molecular complexity index is 426. The predicted molar refractivity (Wildman–Crippen MR) is 67.6 cm³/mol. The molecule has 1 aromatic rings. The Morgan fingerprint density at radius 3 is 2.76 bits per heavy atom. The van der Waals surface area contributed by atoms with Crippen molar-refractivity contribution in [3.63, 3.8) is 0 Å². The molecule has 90 valence electrons. The standard InChI is InChI=1S/C13H15ClN2O/c1-2-16(13(17)7-8-14)10-12-6-4-3-5-11(12)9-15/h3-6H,2,7-8,10H2,1H3. The number of hydrogen-bond donors (Lipinski definition) is 0. The smallest absolute Gasteiger partial charge is 0.224 e. The summed E-state index contributed by atoms with van der Waals surface area (Å²) in [6, 6.07) is 9.45. The molecule has 1 aromatic carbocycles. The SMILES string of the molecule is CCN(Cc1ccccc1C#N)C(=O)CCCl. The fourth-order valence-corrected chi connectivity index (χ4v) is 1.75. The zero-order valence-corrected chi connectivity index (χ0v) is 10.6. The molecule has 0 aliphatic rings. The van der Waals surface area contributed by atoms with E-state index in [4.69, 9.17) is 16.9 Å². The molecule has 0 atom stereocenters. The van der Waals surface area contributed by atoms with E-state index in [9.17, 15) is 4.79 Å². The number of carbonyl (C=O) groups is 1. The summed E-state index contributed by atoms with van der Waals surface area (Å²) < 4.78 is 0. The zero-order chi connectivity index (χ0) is 12.7. The summed E-state index contributed by atoms with van der Waals surface area (Å²) in [5.41, 5.74) is 1.49. The van der Waals surface area contributed by atoms with Gasteiger partial charge in [-0.05, 0) is 18.6 Å². The van der Waals surface area contributed by atoms with Crippen molar-refractivity contribution in [3.05, 3.63) is 35.4 Å². The van der Waals surface area contributed by atoms with Crippen LogP contribution < -0.4 is 0 Å². The lowest BCUT2D eigenvalue weighted by Gasteiger charge is -2.21. The number of nitrogens with zero attached hydrogens (tertiary/aromatic N) is 2. The maximum atomic E-state index is 11.7. The van der Waals surface area contributed by atoms with E-state index in [-0.39, 0.29) is 5.91 Å². The first-order valence-electron chi connectivity index (χ1n) is 5.54. The molecule has 0 fully saturated rings. The number of halogens is 1. The quantitative estimate of drug-likeness (QED) is 0.754. The number of alkyl halides is 1. The lowest BCUT2D eigenvalue weighted by molar-refractivity contribution is -0.131. The Kier molecular flexibility index (Phi) is 5.51. The Labute approximate surface area is 107 Å². The third-order valence-corrected chi connectivity index (χ3v) is 2.73. The molecule has 0 saturated carbocycles. The molecule has 0 radical (unpaired) electrons. The molecule has 0 aliphatic carbocycles. The minimum atomic E-state index is 0.0234. The van der Waals surface area contributed by atoms with E-state index in [1.54, 1.807) is 11.0 Å². The topological polar surface area (TPSA) is 44.1 Å². The van der Waals surface area contributed by atoms with Crippen molar-refractivity contribution in [1.82, 2.24) is 4.90 Å². The van der Waals surface area contributed by atoms with Crippen LogP contribution in [0.4, 0.5) is 0 Å². The molecular weight excluding hydrogens is 236 g/mol. The highest BCUT2D eigenvalue weighted by atomic mass is 35.5. The second-order valence-corrected chi connectivity index (χ2v) is 3.99. The average Bonchev–Trinajstić information content (AvgIpc) is 2.36. The Morgan fingerprint density at radius 1 is 1.47 bits per heavy atom. The van der Waals surface area contributed by atoms with Crippen LogP contribution in [0.25, 0.3) is 0 Å². The highest BCUT2D eigenvalue weighted by Gasteiger charge is 2.12. The van der Waals surface area contributed by atoms with Crippen molar-refractivity contribution in [1.29, 1.82) is 5.26 Å². The number of hydrogen-bond acceptors (Lipinski definition) is 2. The van der Waals surface area contributed by atoms with Crippen LogP contribution in [0.15, 0.2) is 24.3 Å². The minimum absolute atomic E-state index is 0.0234. The van der Waals surface area contributed by atoms with Gasteiger partial charge >= 0.3 is 0 Å². The summed E-state index contributed by atoms with van der Waals surface area (Å²) in [4.78, 5) is 13.4. The molecule has 4 heteroatoms. The van der Waals surface area contributed by atoms with Gasteiger partial charge in [-0.2, -0.15) is 5.26 Å². The normalized spacial score (nSPS) is 9.71. The number of amides is 1. The minimum Gasteiger partial charge on any atom is -0.339 e. The van der Waals surface area contributed by atoms with Crippen LogP contribution in [0.1, 0.15) is 24.5 Å². The third-order valence-electron chi connectivity index (χ3n) is 2.54. The molecule has 1 amide bonds. The second-order valence-electron chi connectivity index (χ2n) is 3.62. The van der Waals surface area contributed by atoms with Gasteiger partial charge in [0.1, 0.15) is 0 Å². The van der Waals surface area contributed by atoms with Gasteiger partial charge in [0.25, 0.3) is 0 Å². The zero-order valence-electron chi connectivity index (χ0n) is 9.82. The van der Waals surface area contributed by atoms with Crippen molar-refractivity contribution < 1.29 is 4.79 Å². The molecule has 0 heterocycles. The first-order chi connectivity index (χ1) is 8.22. The molecule has 0 spiro atoms. The maximum Gasteiger partial charge on any atom is 0.224 e. The monoisotopic (exact) mass is 250 g/mol. The van der Waals surface area contributed by atoms with Gasteiger partial charge in [-0.1, -0.05) is 18.2 Å². The van der Waals surface area contributed by atoms with Crippen molar-refractivity contribution in [3.8, 4) is 6.07 Å². The summed E-state index contributed by atoms with van der Waals surface area (Å²) in [7, 11) is 0. The van der Waals surface area contributed by atoms with Crippen LogP contribution in [0.3, 0.4) is 0 Å². The van der Waals surface area contributed by atoms with Gasteiger partial charge in [0.15, 0.2) is 0 Å². The Morgan fingerprint density at radius 2 is 2.18 bits per heavy atom. The lowest BCUT2D eigenvalue weighted by Crippen LogP contribution is -2.30. The molecule has 1 rings (SSSR count). The molecular formula is C13H15ClN2O. The average molecular weight is 251 g/mol. The largest absolute Gasteiger partial charge is 0.339 e. The summed E-state index contributed by atoms with van der Waals surface area (Å²) in [6.07, 6.45) is 0.337. The van der Waals surface area contributed by atoms with E-state index in [1.807, 2.05) is 25.1 Å². The van der Waals surface area contributed by atoms with Gasteiger partial charge in [-0.15, -0.1) is 11.6 Å². The molecule has 3 nitrogen and oxygen atoms in total. The van der Waals surface area contributed by atoms with Crippen LogP contribution in [0.5, 0.6) is 0 Å². The van der Waals surface area contributed by atoms with E-state index in [2.05, 4.69) is 6.07 Å². The van der Waals surface area contributed by atoms with Crippen molar-refractivity contribution in [2.75, 3.05) is 12.4 Å². The lowest BCUT2D eigenvalue weighted by atomic mass is 10.1. The Balaban J connectivity index is 2.81. The van der Waals surface area contributed by atoms with Crippen LogP contribution >= 0.6 is 11.6 Å². The number of carbonyl (C=O) groups excluding carboxylic acids is 1. The highest BCUT2D eigenvalue weighted by molar-refractivity contribution is 6.18.